The monoisotopic (exact) mass is 354 g/mol. The van der Waals surface area contributed by atoms with Crippen LogP contribution in [0.5, 0.6) is 0 Å². The van der Waals surface area contributed by atoms with Gasteiger partial charge in [0.2, 0.25) is 11.8 Å². The molecule has 0 spiro atoms. The van der Waals surface area contributed by atoms with Gasteiger partial charge in [-0.05, 0) is 26.7 Å². The predicted molar refractivity (Wildman–Crippen MR) is 82.9 cm³/mol. The first-order valence-corrected chi connectivity index (χ1v) is 8.37. The summed E-state index contributed by atoms with van der Waals surface area (Å²) in [4.78, 5) is 60.4. The van der Waals surface area contributed by atoms with Crippen molar-refractivity contribution in [1.29, 1.82) is 0 Å². The summed E-state index contributed by atoms with van der Waals surface area (Å²) >= 11 is 0. The van der Waals surface area contributed by atoms with Crippen LogP contribution in [0.4, 0.5) is 4.79 Å². The maximum Gasteiger partial charge on any atom is 0.413 e. The van der Waals surface area contributed by atoms with Crippen molar-refractivity contribution in [3.8, 4) is 0 Å². The van der Waals surface area contributed by atoms with Crippen LogP contribution < -0.4 is 5.32 Å². The van der Waals surface area contributed by atoms with E-state index >= 15 is 0 Å². The lowest BCUT2D eigenvalue weighted by Gasteiger charge is -2.21. The van der Waals surface area contributed by atoms with E-state index in [-0.39, 0.29) is 30.3 Å². The number of rotatable bonds is 5. The zero-order valence-electron chi connectivity index (χ0n) is 14.3. The average molecular weight is 354 g/mol. The van der Waals surface area contributed by atoms with E-state index in [0.717, 1.165) is 17.7 Å². The largest absolute Gasteiger partial charge is 0.454 e. The minimum Gasteiger partial charge on any atom is -0.454 e. The zero-order valence-corrected chi connectivity index (χ0v) is 14.3. The predicted octanol–water partition coefficient (Wildman–Crippen LogP) is 0.366. The van der Waals surface area contributed by atoms with Gasteiger partial charge in [0.05, 0.1) is 18.4 Å². The average Bonchev–Trinajstić information content (AvgIpc) is 2.84. The van der Waals surface area contributed by atoms with E-state index in [9.17, 15) is 24.0 Å². The highest BCUT2D eigenvalue weighted by atomic mass is 16.6. The summed E-state index contributed by atoms with van der Waals surface area (Å²) in [6.45, 7) is 2.36. The van der Waals surface area contributed by atoms with E-state index in [1.165, 1.54) is 6.92 Å². The maximum absolute atomic E-state index is 12.4. The Bertz CT molecular complexity index is 565. The van der Waals surface area contributed by atoms with Crippen LogP contribution in [-0.4, -0.2) is 53.9 Å². The lowest BCUT2D eigenvalue weighted by atomic mass is 9.81. The number of ether oxygens (including phenoxy) is 2. The van der Waals surface area contributed by atoms with Crippen LogP contribution in [0.25, 0.3) is 0 Å². The third kappa shape index (κ3) is 4.15. The van der Waals surface area contributed by atoms with Crippen LogP contribution in [0.3, 0.4) is 0 Å². The molecule has 1 saturated carbocycles. The molecule has 9 nitrogen and oxygen atoms in total. The van der Waals surface area contributed by atoms with Crippen molar-refractivity contribution >= 4 is 29.8 Å². The third-order valence-corrected chi connectivity index (χ3v) is 4.47. The molecule has 0 unspecified atom stereocenters. The molecule has 1 N–H and O–H groups in total. The molecule has 0 radical (unpaired) electrons. The Morgan fingerprint density at radius 1 is 1.12 bits per heavy atom. The van der Waals surface area contributed by atoms with E-state index in [0.29, 0.717) is 12.8 Å². The fraction of sp³-hybridized carbons (Fsp3) is 0.688. The van der Waals surface area contributed by atoms with Gasteiger partial charge in [0, 0.05) is 0 Å². The lowest BCUT2D eigenvalue weighted by Crippen LogP contribution is -2.45. The molecule has 1 heterocycles. The second-order valence-corrected chi connectivity index (χ2v) is 6.10. The first kappa shape index (κ1) is 18.9. The van der Waals surface area contributed by atoms with Gasteiger partial charge in [-0.2, -0.15) is 0 Å². The number of imide groups is 2. The Labute approximate surface area is 145 Å². The first-order valence-electron chi connectivity index (χ1n) is 8.37. The number of alkyl carbamates (subject to hydrolysis) is 1. The highest BCUT2D eigenvalue weighted by Crippen LogP contribution is 2.38. The highest BCUT2D eigenvalue weighted by Gasteiger charge is 2.51. The van der Waals surface area contributed by atoms with Crippen LogP contribution in [0.2, 0.25) is 0 Å². The van der Waals surface area contributed by atoms with Crippen molar-refractivity contribution in [2.75, 3.05) is 13.2 Å². The molecule has 1 aliphatic heterocycles. The van der Waals surface area contributed by atoms with Crippen LogP contribution in [-0.2, 0) is 28.7 Å². The first-order chi connectivity index (χ1) is 11.9. The van der Waals surface area contributed by atoms with Crippen molar-refractivity contribution in [1.82, 2.24) is 10.2 Å². The van der Waals surface area contributed by atoms with Gasteiger partial charge >= 0.3 is 12.1 Å². The Kier molecular flexibility index (Phi) is 6.11. The summed E-state index contributed by atoms with van der Waals surface area (Å²) in [5, 5.41) is 1.88. The Morgan fingerprint density at radius 2 is 1.68 bits per heavy atom. The van der Waals surface area contributed by atoms with Crippen molar-refractivity contribution in [3.05, 3.63) is 0 Å². The number of nitrogens with zero attached hydrogens (tertiary/aromatic N) is 1. The van der Waals surface area contributed by atoms with Crippen molar-refractivity contribution in [2.24, 2.45) is 11.8 Å². The van der Waals surface area contributed by atoms with E-state index in [2.05, 4.69) is 4.74 Å². The number of fused-ring (bicyclic) bond motifs is 1. The molecular formula is C16H22N2O7. The molecule has 138 valence electrons. The van der Waals surface area contributed by atoms with E-state index < -0.39 is 30.6 Å². The Hall–Kier alpha value is -2.45. The quantitative estimate of drug-likeness (QED) is 0.559. The minimum atomic E-state index is -1.11. The number of carbonyl (C=O) groups is 5. The molecule has 0 aromatic carbocycles. The molecule has 1 saturated heterocycles. The van der Waals surface area contributed by atoms with Gasteiger partial charge in [0.15, 0.2) is 6.61 Å². The topological polar surface area (TPSA) is 119 Å². The van der Waals surface area contributed by atoms with Gasteiger partial charge in [-0.15, -0.1) is 0 Å². The number of likely N-dealkylation sites (tertiary alicyclic amines) is 1. The SMILES string of the molecule is CCOC(=O)NC(=O)COC(=O)[C@H](C)N1C(=O)[C@H]2CCCC[C@H]2C1=O. The Morgan fingerprint density at radius 3 is 2.20 bits per heavy atom. The molecule has 4 amide bonds. The summed E-state index contributed by atoms with van der Waals surface area (Å²) < 4.78 is 9.32. The number of esters is 1. The summed E-state index contributed by atoms with van der Waals surface area (Å²) in [6, 6.07) is -1.11. The normalized spacial score (nSPS) is 23.7. The highest BCUT2D eigenvalue weighted by molar-refractivity contribution is 6.07. The fourth-order valence-electron chi connectivity index (χ4n) is 3.25. The molecule has 0 aromatic rings. The fourth-order valence-corrected chi connectivity index (χ4v) is 3.25. The van der Waals surface area contributed by atoms with Gasteiger partial charge in [0.25, 0.3) is 5.91 Å². The second kappa shape index (κ2) is 8.09. The van der Waals surface area contributed by atoms with Gasteiger partial charge in [-0.3, -0.25) is 24.6 Å². The standard InChI is InChI=1S/C16H22N2O7/c1-3-24-16(23)17-12(19)8-25-15(22)9(2)18-13(20)10-6-4-5-7-11(10)14(18)21/h9-11H,3-8H2,1-2H3,(H,17,19,23)/t9-,10-,11+/m0/s1. The van der Waals surface area contributed by atoms with Crippen molar-refractivity contribution in [2.45, 2.75) is 45.6 Å². The summed E-state index contributed by atoms with van der Waals surface area (Å²) in [7, 11) is 0. The third-order valence-electron chi connectivity index (χ3n) is 4.47. The van der Waals surface area contributed by atoms with Gasteiger partial charge in [-0.25, -0.2) is 9.59 Å². The van der Waals surface area contributed by atoms with Gasteiger partial charge < -0.3 is 9.47 Å². The Balaban J connectivity index is 1.89. The van der Waals surface area contributed by atoms with Gasteiger partial charge in [0.1, 0.15) is 6.04 Å². The molecule has 9 heteroatoms. The number of hydrogen-bond acceptors (Lipinski definition) is 7. The van der Waals surface area contributed by atoms with Crippen molar-refractivity contribution in [3.63, 3.8) is 0 Å². The number of carbonyl (C=O) groups excluding carboxylic acids is 5. The van der Waals surface area contributed by atoms with E-state index in [1.807, 2.05) is 5.32 Å². The molecule has 2 rings (SSSR count). The number of nitrogens with one attached hydrogen (secondary N) is 1. The summed E-state index contributed by atoms with van der Waals surface area (Å²) in [6.07, 6.45) is 2.14. The van der Waals surface area contributed by atoms with Crippen LogP contribution >= 0.6 is 0 Å². The minimum absolute atomic E-state index is 0.0947. The van der Waals surface area contributed by atoms with Crippen molar-refractivity contribution < 1.29 is 33.4 Å². The maximum atomic E-state index is 12.4. The molecule has 25 heavy (non-hydrogen) atoms. The molecule has 2 aliphatic rings. The summed E-state index contributed by atoms with van der Waals surface area (Å²) in [5.74, 6) is -3.15. The molecule has 3 atom stereocenters. The molecule has 2 fully saturated rings. The second-order valence-electron chi connectivity index (χ2n) is 6.10. The van der Waals surface area contributed by atoms with Crippen LogP contribution in [0.1, 0.15) is 39.5 Å². The number of amides is 4. The van der Waals surface area contributed by atoms with Gasteiger partial charge in [-0.1, -0.05) is 12.8 Å². The zero-order chi connectivity index (χ0) is 18.6. The molecule has 1 aliphatic carbocycles. The number of hydrogen-bond donors (Lipinski definition) is 1. The smallest absolute Gasteiger partial charge is 0.413 e. The molecule has 0 bridgehead atoms. The lowest BCUT2D eigenvalue weighted by molar-refractivity contribution is -0.159. The van der Waals surface area contributed by atoms with E-state index in [1.54, 1.807) is 6.92 Å². The van der Waals surface area contributed by atoms with Crippen LogP contribution in [0.15, 0.2) is 0 Å². The molecule has 0 aromatic heterocycles. The van der Waals surface area contributed by atoms with E-state index in [4.69, 9.17) is 4.74 Å². The summed E-state index contributed by atoms with van der Waals surface area (Å²) in [5.41, 5.74) is 0. The van der Waals surface area contributed by atoms with Crippen LogP contribution in [0, 0.1) is 11.8 Å². The molecular weight excluding hydrogens is 332 g/mol.